The molecule has 2 unspecified atom stereocenters. The zero-order valence-corrected chi connectivity index (χ0v) is 8.16. The number of halogens is 1. The van der Waals surface area contributed by atoms with Crippen molar-refractivity contribution in [2.45, 2.75) is 25.7 Å². The highest BCUT2D eigenvalue weighted by atomic mass is 19.1. The van der Waals surface area contributed by atoms with Crippen molar-refractivity contribution in [2.75, 3.05) is 6.54 Å². The van der Waals surface area contributed by atoms with Gasteiger partial charge in [-0.2, -0.15) is 0 Å². The van der Waals surface area contributed by atoms with Gasteiger partial charge in [-0.25, -0.2) is 4.39 Å². The van der Waals surface area contributed by atoms with E-state index in [4.69, 9.17) is 4.74 Å². The second kappa shape index (κ2) is 4.07. The Morgan fingerprint density at radius 3 is 2.71 bits per heavy atom. The quantitative estimate of drug-likeness (QED) is 0.775. The predicted octanol–water partition coefficient (Wildman–Crippen LogP) is 1.70. The van der Waals surface area contributed by atoms with Crippen LogP contribution in [-0.4, -0.2) is 18.9 Å². The van der Waals surface area contributed by atoms with Gasteiger partial charge in [0.15, 0.2) is 0 Å². The molecule has 0 aromatic heterocycles. The molecule has 1 fully saturated rings. The minimum atomic E-state index is -0.192. The van der Waals surface area contributed by atoms with E-state index in [9.17, 15) is 4.39 Å². The fraction of sp³-hybridized carbons (Fsp3) is 0.455. The first-order chi connectivity index (χ1) is 6.74. The molecule has 2 rings (SSSR count). The summed E-state index contributed by atoms with van der Waals surface area (Å²) in [6.07, 6.45) is 1.15. The molecule has 0 saturated carbocycles. The second-order valence-corrected chi connectivity index (χ2v) is 3.67. The van der Waals surface area contributed by atoms with Gasteiger partial charge in [0, 0.05) is 13.0 Å². The van der Waals surface area contributed by atoms with E-state index in [1.807, 2.05) is 6.92 Å². The van der Waals surface area contributed by atoms with Crippen LogP contribution in [0.5, 0.6) is 0 Å². The van der Waals surface area contributed by atoms with E-state index in [0.29, 0.717) is 0 Å². The minimum Gasteiger partial charge on any atom is -0.359 e. The van der Waals surface area contributed by atoms with E-state index in [-0.39, 0.29) is 18.1 Å². The topological polar surface area (TPSA) is 21.3 Å². The van der Waals surface area contributed by atoms with Gasteiger partial charge in [-0.3, -0.25) is 5.32 Å². The fourth-order valence-corrected chi connectivity index (χ4v) is 1.63. The van der Waals surface area contributed by atoms with Crippen LogP contribution >= 0.6 is 0 Å². The molecule has 0 radical (unpaired) electrons. The first kappa shape index (κ1) is 9.62. The van der Waals surface area contributed by atoms with Crippen LogP contribution in [0.4, 0.5) is 4.39 Å². The number of hydrogen-bond donors (Lipinski definition) is 1. The Bertz CT molecular complexity index is 299. The smallest absolute Gasteiger partial charge is 0.123 e. The molecule has 1 aromatic rings. The van der Waals surface area contributed by atoms with E-state index in [1.165, 1.54) is 12.1 Å². The first-order valence-electron chi connectivity index (χ1n) is 4.87. The van der Waals surface area contributed by atoms with Crippen LogP contribution in [0.15, 0.2) is 24.3 Å². The van der Waals surface area contributed by atoms with Gasteiger partial charge >= 0.3 is 0 Å². The van der Waals surface area contributed by atoms with Gasteiger partial charge in [0.25, 0.3) is 0 Å². The van der Waals surface area contributed by atoms with Gasteiger partial charge in [0.2, 0.25) is 0 Å². The molecule has 14 heavy (non-hydrogen) atoms. The summed E-state index contributed by atoms with van der Waals surface area (Å²) in [5.74, 6) is -0.192. The highest BCUT2D eigenvalue weighted by Crippen LogP contribution is 2.11. The van der Waals surface area contributed by atoms with Crippen molar-refractivity contribution >= 4 is 0 Å². The average molecular weight is 195 g/mol. The molecule has 76 valence electrons. The maximum absolute atomic E-state index is 12.6. The first-order valence-corrected chi connectivity index (χ1v) is 4.87. The Labute approximate surface area is 83.1 Å². The highest BCUT2D eigenvalue weighted by molar-refractivity contribution is 5.16. The lowest BCUT2D eigenvalue weighted by molar-refractivity contribution is 0.0520. The van der Waals surface area contributed by atoms with Crippen molar-refractivity contribution in [1.82, 2.24) is 5.32 Å². The molecule has 0 spiro atoms. The molecule has 3 heteroatoms. The molecular formula is C11H14FNO. The molecule has 0 aliphatic carbocycles. The lowest BCUT2D eigenvalue weighted by Crippen LogP contribution is -2.24. The molecule has 1 N–H and O–H groups in total. The summed E-state index contributed by atoms with van der Waals surface area (Å²) in [6, 6.07) is 6.55. The highest BCUT2D eigenvalue weighted by Gasteiger charge is 2.20. The van der Waals surface area contributed by atoms with Crippen molar-refractivity contribution in [2.24, 2.45) is 0 Å². The minimum absolute atomic E-state index is 0.0791. The van der Waals surface area contributed by atoms with Crippen molar-refractivity contribution in [1.29, 1.82) is 0 Å². The predicted molar refractivity (Wildman–Crippen MR) is 52.4 cm³/mol. The van der Waals surface area contributed by atoms with Gasteiger partial charge in [0.1, 0.15) is 12.0 Å². The molecule has 1 aliphatic heterocycles. The summed E-state index contributed by atoms with van der Waals surface area (Å²) in [5.41, 5.74) is 1.10. The Morgan fingerprint density at radius 1 is 1.43 bits per heavy atom. The summed E-state index contributed by atoms with van der Waals surface area (Å²) < 4.78 is 18.2. The Morgan fingerprint density at radius 2 is 2.14 bits per heavy atom. The standard InChI is InChI=1S/C11H14FNO/c1-8-7-13-11(14-8)6-9-2-4-10(12)5-3-9/h2-5,8,11,13H,6-7H2,1H3. The lowest BCUT2D eigenvalue weighted by atomic mass is 10.1. The molecule has 2 nitrogen and oxygen atoms in total. The third-order valence-electron chi connectivity index (χ3n) is 2.36. The van der Waals surface area contributed by atoms with Crippen LogP contribution in [0.25, 0.3) is 0 Å². The van der Waals surface area contributed by atoms with Gasteiger partial charge in [-0.15, -0.1) is 0 Å². The number of ether oxygens (including phenoxy) is 1. The van der Waals surface area contributed by atoms with Crippen molar-refractivity contribution < 1.29 is 9.13 Å². The Kier molecular flexibility index (Phi) is 2.79. The van der Waals surface area contributed by atoms with Crippen molar-refractivity contribution in [3.8, 4) is 0 Å². The molecule has 2 atom stereocenters. The van der Waals surface area contributed by atoms with Gasteiger partial charge < -0.3 is 4.74 Å². The summed E-state index contributed by atoms with van der Waals surface area (Å²) in [5, 5.41) is 3.25. The van der Waals surface area contributed by atoms with E-state index >= 15 is 0 Å². The average Bonchev–Trinajstić information content (AvgIpc) is 2.56. The largest absolute Gasteiger partial charge is 0.359 e. The zero-order valence-electron chi connectivity index (χ0n) is 8.16. The number of rotatable bonds is 2. The number of nitrogens with one attached hydrogen (secondary N) is 1. The number of hydrogen-bond acceptors (Lipinski definition) is 2. The van der Waals surface area contributed by atoms with Crippen LogP contribution in [0.3, 0.4) is 0 Å². The normalized spacial score (nSPS) is 26.7. The van der Waals surface area contributed by atoms with Crippen LogP contribution in [0.1, 0.15) is 12.5 Å². The second-order valence-electron chi connectivity index (χ2n) is 3.67. The maximum Gasteiger partial charge on any atom is 0.123 e. The van der Waals surface area contributed by atoms with Crippen LogP contribution in [-0.2, 0) is 11.2 Å². The van der Waals surface area contributed by atoms with Crippen LogP contribution < -0.4 is 5.32 Å². The lowest BCUT2D eigenvalue weighted by Gasteiger charge is -2.10. The molecule has 1 saturated heterocycles. The van der Waals surface area contributed by atoms with Crippen molar-refractivity contribution in [3.05, 3.63) is 35.6 Å². The third-order valence-corrected chi connectivity index (χ3v) is 2.36. The molecule has 0 amide bonds. The molecule has 0 bridgehead atoms. The summed E-state index contributed by atoms with van der Waals surface area (Å²) in [4.78, 5) is 0. The third kappa shape index (κ3) is 2.30. The van der Waals surface area contributed by atoms with E-state index in [1.54, 1.807) is 12.1 Å². The van der Waals surface area contributed by atoms with Gasteiger partial charge in [-0.05, 0) is 24.6 Å². The van der Waals surface area contributed by atoms with Crippen LogP contribution in [0, 0.1) is 5.82 Å². The zero-order chi connectivity index (χ0) is 9.97. The van der Waals surface area contributed by atoms with Crippen molar-refractivity contribution in [3.63, 3.8) is 0 Å². The van der Waals surface area contributed by atoms with E-state index < -0.39 is 0 Å². The van der Waals surface area contributed by atoms with Crippen LogP contribution in [0.2, 0.25) is 0 Å². The molecule has 1 aromatic carbocycles. The van der Waals surface area contributed by atoms with E-state index in [2.05, 4.69) is 5.32 Å². The fourth-order valence-electron chi connectivity index (χ4n) is 1.63. The summed E-state index contributed by atoms with van der Waals surface area (Å²) in [6.45, 7) is 2.93. The summed E-state index contributed by atoms with van der Waals surface area (Å²) in [7, 11) is 0. The molecular weight excluding hydrogens is 181 g/mol. The maximum atomic E-state index is 12.6. The Hall–Kier alpha value is -0.930. The SMILES string of the molecule is CC1CNC(Cc2ccc(F)cc2)O1. The number of benzene rings is 1. The Balaban J connectivity index is 1.94. The summed E-state index contributed by atoms with van der Waals surface area (Å²) >= 11 is 0. The monoisotopic (exact) mass is 195 g/mol. The van der Waals surface area contributed by atoms with Gasteiger partial charge in [-0.1, -0.05) is 12.1 Å². The van der Waals surface area contributed by atoms with E-state index in [0.717, 1.165) is 18.5 Å². The molecule has 1 aliphatic rings. The van der Waals surface area contributed by atoms with Gasteiger partial charge in [0.05, 0.1) is 6.10 Å². The molecule has 1 heterocycles.